The van der Waals surface area contributed by atoms with E-state index in [2.05, 4.69) is 22.4 Å². The molecule has 1 aromatic heterocycles. The largest absolute Gasteiger partial charge is 0.365 e. The first-order chi connectivity index (χ1) is 13.7. The number of fused-ring (bicyclic) bond motifs is 2. The van der Waals surface area contributed by atoms with Crippen LogP contribution in [0.1, 0.15) is 39.0 Å². The number of ether oxygens (including phenoxy) is 1. The van der Waals surface area contributed by atoms with Gasteiger partial charge >= 0.3 is 0 Å². The first-order valence-electron chi connectivity index (χ1n) is 9.34. The maximum Gasteiger partial charge on any atom is 0.276 e. The summed E-state index contributed by atoms with van der Waals surface area (Å²) in [6.07, 6.45) is 0.605. The number of rotatable bonds is 2. The van der Waals surface area contributed by atoms with Crippen molar-refractivity contribution in [3.8, 4) is 0 Å². The second-order valence-electron chi connectivity index (χ2n) is 7.16. The van der Waals surface area contributed by atoms with Crippen LogP contribution in [0.2, 0.25) is 0 Å². The van der Waals surface area contributed by atoms with Crippen molar-refractivity contribution in [3.63, 3.8) is 0 Å². The zero-order valence-corrected chi connectivity index (χ0v) is 15.2. The molecule has 6 nitrogen and oxygen atoms in total. The molecule has 0 saturated carbocycles. The second-order valence-corrected chi connectivity index (χ2v) is 7.16. The average Bonchev–Trinajstić information content (AvgIpc) is 3.16. The molecule has 5 rings (SSSR count). The number of hydrogen-bond donors (Lipinski definition) is 0. The summed E-state index contributed by atoms with van der Waals surface area (Å²) in [7, 11) is 0. The Morgan fingerprint density at radius 2 is 1.89 bits per heavy atom. The van der Waals surface area contributed by atoms with Gasteiger partial charge in [0.05, 0.1) is 18.8 Å². The summed E-state index contributed by atoms with van der Waals surface area (Å²) in [4.78, 5) is 14.9. The van der Waals surface area contributed by atoms with Gasteiger partial charge in [-0.25, -0.2) is 9.07 Å². The highest BCUT2D eigenvalue weighted by molar-refractivity contribution is 5.93. The van der Waals surface area contributed by atoms with Crippen LogP contribution in [0.3, 0.4) is 0 Å². The van der Waals surface area contributed by atoms with E-state index in [0.717, 1.165) is 12.0 Å². The third-order valence-corrected chi connectivity index (χ3v) is 5.46. The SMILES string of the molecule is O=C(c1nnn2c1CO[C@H](c1ccc(F)cc1)C2)N1CCc2ccccc2C1. The van der Waals surface area contributed by atoms with E-state index in [1.807, 2.05) is 17.0 Å². The Balaban J connectivity index is 1.35. The molecular formula is C21H19FN4O2. The van der Waals surface area contributed by atoms with Crippen LogP contribution in [0, 0.1) is 5.82 Å². The van der Waals surface area contributed by atoms with Gasteiger partial charge in [-0.15, -0.1) is 5.10 Å². The fraction of sp³-hybridized carbons (Fsp3) is 0.286. The highest BCUT2D eigenvalue weighted by Crippen LogP contribution is 2.28. The normalized spacial score (nSPS) is 18.5. The van der Waals surface area contributed by atoms with E-state index < -0.39 is 0 Å². The molecule has 0 unspecified atom stereocenters. The third kappa shape index (κ3) is 2.97. The van der Waals surface area contributed by atoms with Crippen LogP contribution < -0.4 is 0 Å². The van der Waals surface area contributed by atoms with Gasteiger partial charge in [0.15, 0.2) is 5.69 Å². The summed E-state index contributed by atoms with van der Waals surface area (Å²) < 4.78 is 20.8. The van der Waals surface area contributed by atoms with E-state index in [1.54, 1.807) is 16.8 Å². The van der Waals surface area contributed by atoms with Crippen molar-refractivity contribution in [2.24, 2.45) is 0 Å². The lowest BCUT2D eigenvalue weighted by atomic mass is 9.99. The molecule has 0 spiro atoms. The van der Waals surface area contributed by atoms with E-state index in [-0.39, 0.29) is 24.4 Å². The summed E-state index contributed by atoms with van der Waals surface area (Å²) >= 11 is 0. The maximum absolute atomic E-state index is 13.1. The Labute approximate surface area is 161 Å². The van der Waals surface area contributed by atoms with E-state index in [1.165, 1.54) is 23.3 Å². The lowest BCUT2D eigenvalue weighted by molar-refractivity contribution is -0.00200. The van der Waals surface area contributed by atoms with Gasteiger partial charge in [-0.2, -0.15) is 0 Å². The van der Waals surface area contributed by atoms with E-state index in [0.29, 0.717) is 31.0 Å². The minimum Gasteiger partial charge on any atom is -0.365 e. The minimum atomic E-state index is -0.281. The predicted molar refractivity (Wildman–Crippen MR) is 98.8 cm³/mol. The Morgan fingerprint density at radius 1 is 1.11 bits per heavy atom. The molecule has 2 aromatic carbocycles. The summed E-state index contributed by atoms with van der Waals surface area (Å²) in [5, 5.41) is 8.33. The monoisotopic (exact) mass is 378 g/mol. The number of aromatic nitrogens is 3. The van der Waals surface area contributed by atoms with Crippen molar-refractivity contribution in [2.45, 2.75) is 32.2 Å². The number of hydrogen-bond acceptors (Lipinski definition) is 4. The van der Waals surface area contributed by atoms with Gasteiger partial charge in [0.25, 0.3) is 5.91 Å². The quantitative estimate of drug-likeness (QED) is 0.688. The predicted octanol–water partition coefficient (Wildman–Crippen LogP) is 2.89. The molecule has 0 fully saturated rings. The van der Waals surface area contributed by atoms with Gasteiger partial charge in [-0.3, -0.25) is 4.79 Å². The Bertz CT molecular complexity index is 1030. The molecule has 2 aliphatic heterocycles. The van der Waals surface area contributed by atoms with Gasteiger partial charge < -0.3 is 9.64 Å². The fourth-order valence-corrected chi connectivity index (χ4v) is 3.88. The molecule has 0 radical (unpaired) electrons. The molecular weight excluding hydrogens is 359 g/mol. The summed E-state index contributed by atoms with van der Waals surface area (Å²) in [5.74, 6) is -0.392. The Kier molecular flexibility index (Phi) is 4.16. The molecule has 28 heavy (non-hydrogen) atoms. The van der Waals surface area contributed by atoms with Gasteiger partial charge in [0, 0.05) is 13.1 Å². The van der Waals surface area contributed by atoms with E-state index in [9.17, 15) is 9.18 Å². The lowest BCUT2D eigenvalue weighted by Gasteiger charge is -2.29. The molecule has 1 amide bonds. The topological polar surface area (TPSA) is 60.3 Å². The first-order valence-corrected chi connectivity index (χ1v) is 9.34. The van der Waals surface area contributed by atoms with Crippen LogP contribution in [0.4, 0.5) is 4.39 Å². The number of nitrogens with zero attached hydrogens (tertiary/aromatic N) is 4. The highest BCUT2D eigenvalue weighted by atomic mass is 19.1. The second kappa shape index (κ2) is 6.83. The third-order valence-electron chi connectivity index (χ3n) is 5.46. The average molecular weight is 378 g/mol. The van der Waals surface area contributed by atoms with E-state index in [4.69, 9.17) is 4.74 Å². The molecule has 2 aliphatic rings. The van der Waals surface area contributed by atoms with Crippen molar-refractivity contribution in [2.75, 3.05) is 6.54 Å². The van der Waals surface area contributed by atoms with Crippen molar-refractivity contribution < 1.29 is 13.9 Å². The number of carbonyl (C=O) groups is 1. The van der Waals surface area contributed by atoms with Crippen molar-refractivity contribution in [1.82, 2.24) is 19.9 Å². The van der Waals surface area contributed by atoms with Crippen molar-refractivity contribution in [1.29, 1.82) is 0 Å². The molecule has 1 atom stereocenters. The van der Waals surface area contributed by atoms with Crippen LogP contribution in [0.15, 0.2) is 48.5 Å². The molecule has 3 aromatic rings. The van der Waals surface area contributed by atoms with Crippen LogP contribution in [-0.2, 0) is 30.9 Å². The van der Waals surface area contributed by atoms with Gasteiger partial charge in [-0.1, -0.05) is 41.6 Å². The molecule has 0 aliphatic carbocycles. The van der Waals surface area contributed by atoms with Gasteiger partial charge in [0.2, 0.25) is 0 Å². The molecule has 7 heteroatoms. The number of halogens is 1. The summed E-state index contributed by atoms with van der Waals surface area (Å²) in [6.45, 7) is 1.95. The maximum atomic E-state index is 13.1. The minimum absolute atomic E-state index is 0.111. The Hall–Kier alpha value is -3.06. The van der Waals surface area contributed by atoms with Crippen LogP contribution >= 0.6 is 0 Å². The summed E-state index contributed by atoms with van der Waals surface area (Å²) in [5.41, 5.74) is 4.40. The van der Waals surface area contributed by atoms with Gasteiger partial charge in [-0.05, 0) is 35.2 Å². The molecule has 3 heterocycles. The molecule has 0 saturated heterocycles. The highest BCUT2D eigenvalue weighted by Gasteiger charge is 2.31. The lowest BCUT2D eigenvalue weighted by Crippen LogP contribution is -2.37. The van der Waals surface area contributed by atoms with E-state index >= 15 is 0 Å². The molecule has 0 N–H and O–H groups in total. The Morgan fingerprint density at radius 3 is 2.71 bits per heavy atom. The number of benzene rings is 2. The fourth-order valence-electron chi connectivity index (χ4n) is 3.88. The first kappa shape index (κ1) is 17.1. The van der Waals surface area contributed by atoms with Gasteiger partial charge in [0.1, 0.15) is 11.9 Å². The molecule has 142 valence electrons. The van der Waals surface area contributed by atoms with Crippen LogP contribution in [0.25, 0.3) is 0 Å². The number of carbonyl (C=O) groups excluding carboxylic acids is 1. The smallest absolute Gasteiger partial charge is 0.276 e. The molecule has 0 bridgehead atoms. The standard InChI is InChI=1S/C21H19FN4O2/c22-17-7-5-15(6-8-17)19-12-26-18(13-28-19)20(23-24-26)21(27)25-10-9-14-3-1-2-4-16(14)11-25/h1-8,19H,9-13H2/t19-/m0/s1. The zero-order chi connectivity index (χ0) is 19.1. The van der Waals surface area contributed by atoms with Crippen molar-refractivity contribution in [3.05, 3.63) is 82.4 Å². The van der Waals surface area contributed by atoms with Crippen LogP contribution in [0.5, 0.6) is 0 Å². The summed E-state index contributed by atoms with van der Waals surface area (Å²) in [6, 6.07) is 14.4. The van der Waals surface area contributed by atoms with Crippen LogP contribution in [-0.4, -0.2) is 32.3 Å². The van der Waals surface area contributed by atoms with Crippen molar-refractivity contribution >= 4 is 5.91 Å². The zero-order valence-electron chi connectivity index (χ0n) is 15.2. The number of amides is 1.